The van der Waals surface area contributed by atoms with Gasteiger partial charge in [0.25, 0.3) is 5.79 Å². The van der Waals surface area contributed by atoms with Gasteiger partial charge < -0.3 is 19.5 Å². The fourth-order valence-electron chi connectivity index (χ4n) is 1.85. The molecule has 1 N–H and O–H groups in total. The van der Waals surface area contributed by atoms with Crippen LogP contribution in [0.1, 0.15) is 24.2 Å². The largest absolute Gasteiger partial charge is 0.465 e. The Balaban J connectivity index is 2.28. The van der Waals surface area contributed by atoms with E-state index < -0.39 is 23.7 Å². The van der Waals surface area contributed by atoms with Crippen LogP contribution in [0.15, 0.2) is 30.0 Å². The lowest BCUT2D eigenvalue weighted by atomic mass is 10.1. The molecule has 0 aliphatic carbocycles. The highest BCUT2D eigenvalue weighted by Crippen LogP contribution is 2.24. The summed E-state index contributed by atoms with van der Waals surface area (Å²) in [5.74, 6) is -3.45. The molecule has 1 fully saturated rings. The third kappa shape index (κ3) is 4.01. The van der Waals surface area contributed by atoms with Crippen LogP contribution in [0, 0.1) is 3.57 Å². The van der Waals surface area contributed by atoms with Crippen LogP contribution in [0.5, 0.6) is 0 Å². The molecule has 1 aliphatic rings. The topological polar surface area (TPSA) is 90.9 Å². The Morgan fingerprint density at radius 1 is 1.26 bits per heavy atom. The average Bonchev–Trinajstić information content (AvgIpc) is 2.45. The maximum absolute atomic E-state index is 11.8. The van der Waals surface area contributed by atoms with Crippen LogP contribution in [-0.4, -0.2) is 30.8 Å². The minimum atomic E-state index is -1.30. The standard InChI is InChI=1S/C15H14INO6/c1-15(2)22-13(19)10(14(20)23-15)7-17-11-5-4-8(16)6-9(11)12(18)21-3/h4-7,17H,1-3H3. The van der Waals surface area contributed by atoms with Gasteiger partial charge in [-0.05, 0) is 40.8 Å². The summed E-state index contributed by atoms with van der Waals surface area (Å²) < 4.78 is 15.5. The molecule has 0 radical (unpaired) electrons. The lowest BCUT2D eigenvalue weighted by Crippen LogP contribution is -2.42. The Morgan fingerprint density at radius 2 is 1.87 bits per heavy atom. The summed E-state index contributed by atoms with van der Waals surface area (Å²) in [4.78, 5) is 35.5. The second-order valence-corrected chi connectivity index (χ2v) is 6.31. The molecule has 0 spiro atoms. The van der Waals surface area contributed by atoms with Crippen molar-refractivity contribution >= 4 is 46.2 Å². The lowest BCUT2D eigenvalue weighted by molar-refractivity contribution is -0.222. The van der Waals surface area contributed by atoms with Crippen LogP contribution in [0.25, 0.3) is 0 Å². The minimum Gasteiger partial charge on any atom is -0.465 e. The molecule has 23 heavy (non-hydrogen) atoms. The average molecular weight is 431 g/mol. The monoisotopic (exact) mass is 431 g/mol. The molecular weight excluding hydrogens is 417 g/mol. The molecule has 0 saturated carbocycles. The summed E-state index contributed by atoms with van der Waals surface area (Å²) in [6, 6.07) is 5.01. The number of rotatable bonds is 3. The molecule has 2 rings (SSSR count). The fourth-order valence-corrected chi connectivity index (χ4v) is 2.34. The Bertz CT molecular complexity index is 688. The summed E-state index contributed by atoms with van der Waals surface area (Å²) in [6.45, 7) is 2.92. The summed E-state index contributed by atoms with van der Waals surface area (Å²) in [6.07, 6.45) is 1.15. The lowest BCUT2D eigenvalue weighted by Gasteiger charge is -2.29. The number of hydrogen-bond donors (Lipinski definition) is 1. The number of ether oxygens (including phenoxy) is 3. The predicted molar refractivity (Wildman–Crippen MR) is 88.5 cm³/mol. The molecule has 1 heterocycles. The molecule has 0 unspecified atom stereocenters. The smallest absolute Gasteiger partial charge is 0.350 e. The van der Waals surface area contributed by atoms with Crippen LogP contribution < -0.4 is 5.32 Å². The molecule has 1 aliphatic heterocycles. The summed E-state index contributed by atoms with van der Waals surface area (Å²) in [7, 11) is 1.27. The van der Waals surface area contributed by atoms with Crippen molar-refractivity contribution < 1.29 is 28.6 Å². The quantitative estimate of drug-likeness (QED) is 0.340. The third-order valence-electron chi connectivity index (χ3n) is 2.88. The summed E-state index contributed by atoms with van der Waals surface area (Å²) in [5.41, 5.74) is 0.364. The highest BCUT2D eigenvalue weighted by molar-refractivity contribution is 14.1. The number of carbonyl (C=O) groups excluding carboxylic acids is 3. The summed E-state index contributed by atoms with van der Waals surface area (Å²) in [5, 5.41) is 2.75. The van der Waals surface area contributed by atoms with Crippen molar-refractivity contribution in [2.24, 2.45) is 0 Å². The molecule has 0 aromatic heterocycles. The molecule has 1 aromatic rings. The van der Waals surface area contributed by atoms with Gasteiger partial charge in [0.15, 0.2) is 5.57 Å². The van der Waals surface area contributed by atoms with E-state index in [2.05, 4.69) is 27.9 Å². The van der Waals surface area contributed by atoms with Gasteiger partial charge in [-0.3, -0.25) is 0 Å². The highest BCUT2D eigenvalue weighted by atomic mass is 127. The van der Waals surface area contributed by atoms with Crippen molar-refractivity contribution in [3.8, 4) is 0 Å². The number of cyclic esters (lactones) is 2. The first-order chi connectivity index (χ1) is 10.7. The third-order valence-corrected chi connectivity index (χ3v) is 3.55. The molecule has 1 aromatic carbocycles. The second kappa shape index (κ2) is 6.57. The van der Waals surface area contributed by atoms with Gasteiger partial charge in [0.2, 0.25) is 0 Å². The zero-order valence-corrected chi connectivity index (χ0v) is 14.8. The van der Waals surface area contributed by atoms with E-state index in [0.29, 0.717) is 5.69 Å². The van der Waals surface area contributed by atoms with Crippen molar-refractivity contribution in [1.82, 2.24) is 0 Å². The van der Waals surface area contributed by atoms with Crippen molar-refractivity contribution in [2.45, 2.75) is 19.6 Å². The van der Waals surface area contributed by atoms with Gasteiger partial charge >= 0.3 is 17.9 Å². The molecule has 0 atom stereocenters. The highest BCUT2D eigenvalue weighted by Gasteiger charge is 2.39. The zero-order chi connectivity index (χ0) is 17.2. The van der Waals surface area contributed by atoms with Gasteiger partial charge in [0.1, 0.15) is 0 Å². The van der Waals surface area contributed by atoms with Gasteiger partial charge in [-0.1, -0.05) is 0 Å². The van der Waals surface area contributed by atoms with Gasteiger partial charge in [0, 0.05) is 23.6 Å². The second-order valence-electron chi connectivity index (χ2n) is 5.06. The number of halogens is 1. The SMILES string of the molecule is COC(=O)c1cc(I)ccc1NC=C1C(=O)OC(C)(C)OC1=O. The molecular formula is C15H14INO6. The normalized spacial score (nSPS) is 16.3. The van der Waals surface area contributed by atoms with Crippen molar-refractivity contribution in [3.05, 3.63) is 39.1 Å². The Labute approximate surface area is 146 Å². The van der Waals surface area contributed by atoms with Gasteiger partial charge in [0.05, 0.1) is 18.4 Å². The van der Waals surface area contributed by atoms with E-state index in [1.54, 1.807) is 18.2 Å². The van der Waals surface area contributed by atoms with Crippen LogP contribution in [0.4, 0.5) is 5.69 Å². The van der Waals surface area contributed by atoms with E-state index >= 15 is 0 Å². The number of benzene rings is 1. The number of esters is 3. The number of methoxy groups -OCH3 is 1. The van der Waals surface area contributed by atoms with E-state index in [0.717, 1.165) is 9.77 Å². The number of hydrogen-bond acceptors (Lipinski definition) is 7. The van der Waals surface area contributed by atoms with E-state index in [1.165, 1.54) is 21.0 Å². The first-order valence-electron chi connectivity index (χ1n) is 6.55. The van der Waals surface area contributed by atoms with Crippen LogP contribution in [0.2, 0.25) is 0 Å². The van der Waals surface area contributed by atoms with Gasteiger partial charge in [-0.15, -0.1) is 0 Å². The Kier molecular flexibility index (Phi) is 4.93. The van der Waals surface area contributed by atoms with E-state index in [-0.39, 0.29) is 11.1 Å². The van der Waals surface area contributed by atoms with Crippen LogP contribution in [-0.2, 0) is 23.8 Å². The Hall–Kier alpha value is -2.10. The predicted octanol–water partition coefficient (Wildman–Crippen LogP) is 2.21. The van der Waals surface area contributed by atoms with Crippen LogP contribution >= 0.6 is 22.6 Å². The van der Waals surface area contributed by atoms with Gasteiger partial charge in [-0.25, -0.2) is 14.4 Å². The molecule has 0 bridgehead atoms. The van der Waals surface area contributed by atoms with Crippen molar-refractivity contribution in [1.29, 1.82) is 0 Å². The zero-order valence-electron chi connectivity index (χ0n) is 12.6. The first kappa shape index (κ1) is 17.3. The number of anilines is 1. The molecule has 8 heteroatoms. The molecule has 1 saturated heterocycles. The van der Waals surface area contributed by atoms with E-state index in [9.17, 15) is 14.4 Å². The van der Waals surface area contributed by atoms with E-state index in [4.69, 9.17) is 14.2 Å². The van der Waals surface area contributed by atoms with Crippen molar-refractivity contribution in [3.63, 3.8) is 0 Å². The van der Waals surface area contributed by atoms with Crippen molar-refractivity contribution in [2.75, 3.05) is 12.4 Å². The maximum atomic E-state index is 11.8. The minimum absolute atomic E-state index is 0.272. The number of nitrogens with one attached hydrogen (secondary N) is 1. The first-order valence-corrected chi connectivity index (χ1v) is 7.62. The fraction of sp³-hybridized carbons (Fsp3) is 0.267. The van der Waals surface area contributed by atoms with Crippen LogP contribution in [0.3, 0.4) is 0 Å². The molecule has 122 valence electrons. The van der Waals surface area contributed by atoms with Gasteiger partial charge in [-0.2, -0.15) is 0 Å². The Morgan fingerprint density at radius 3 is 2.43 bits per heavy atom. The summed E-state index contributed by atoms with van der Waals surface area (Å²) >= 11 is 2.05. The van der Waals surface area contributed by atoms with E-state index in [1.807, 2.05) is 0 Å². The maximum Gasteiger partial charge on any atom is 0.350 e. The molecule has 0 amide bonds. The molecule has 7 nitrogen and oxygen atoms in total. The number of carbonyl (C=O) groups is 3.